The molecule has 1 amide bonds. The highest BCUT2D eigenvalue weighted by atomic mass is 16.5. The smallest absolute Gasteiger partial charge is 0.292 e. The normalized spacial score (nSPS) is 18.2. The van der Waals surface area contributed by atoms with Gasteiger partial charge < -0.3 is 9.42 Å². The summed E-state index contributed by atoms with van der Waals surface area (Å²) >= 11 is 0. The van der Waals surface area contributed by atoms with Gasteiger partial charge in [0.1, 0.15) is 0 Å². The van der Waals surface area contributed by atoms with E-state index in [-0.39, 0.29) is 17.2 Å². The van der Waals surface area contributed by atoms with Gasteiger partial charge in [0.05, 0.1) is 11.9 Å². The average molecular weight is 342 g/mol. The van der Waals surface area contributed by atoms with E-state index in [1.165, 1.54) is 6.20 Å². The van der Waals surface area contributed by atoms with Crippen LogP contribution in [0.4, 0.5) is 0 Å². The first-order valence-corrected chi connectivity index (χ1v) is 9.00. The van der Waals surface area contributed by atoms with Gasteiger partial charge in [0.2, 0.25) is 5.76 Å². The molecule has 0 atom stereocenters. The van der Waals surface area contributed by atoms with Gasteiger partial charge in [0.15, 0.2) is 0 Å². The Balaban J connectivity index is 1.39. The summed E-state index contributed by atoms with van der Waals surface area (Å²) < 4.78 is 6.57. The van der Waals surface area contributed by atoms with Crippen LogP contribution >= 0.6 is 0 Å². The van der Waals surface area contributed by atoms with E-state index in [2.05, 4.69) is 10.3 Å². The van der Waals surface area contributed by atoms with Crippen LogP contribution in [-0.2, 0) is 19.4 Å². The van der Waals surface area contributed by atoms with Crippen molar-refractivity contribution >= 4 is 5.91 Å². The predicted octanol–water partition coefficient (Wildman–Crippen LogP) is 1.66. The number of fused-ring (bicyclic) bond motifs is 1. The summed E-state index contributed by atoms with van der Waals surface area (Å²) in [4.78, 5) is 26.4. The first-order valence-electron chi connectivity index (χ1n) is 9.00. The molecule has 0 unspecified atom stereocenters. The minimum absolute atomic E-state index is 0.000755. The van der Waals surface area contributed by atoms with Gasteiger partial charge in [0, 0.05) is 31.8 Å². The molecule has 0 radical (unpaired) electrons. The number of nitrogens with zero attached hydrogens (tertiary/aromatic N) is 4. The monoisotopic (exact) mass is 342 g/mol. The summed E-state index contributed by atoms with van der Waals surface area (Å²) in [6, 6.07) is 3.36. The zero-order valence-electron chi connectivity index (χ0n) is 14.2. The molecule has 1 saturated heterocycles. The lowest BCUT2D eigenvalue weighted by Crippen LogP contribution is -2.40. The third kappa shape index (κ3) is 3.36. The van der Waals surface area contributed by atoms with Crippen molar-refractivity contribution in [2.24, 2.45) is 5.92 Å². The summed E-state index contributed by atoms with van der Waals surface area (Å²) in [6.45, 7) is 1.98. The maximum atomic E-state index is 12.3. The van der Waals surface area contributed by atoms with E-state index in [1.807, 2.05) is 0 Å². The fraction of sp³-hybridized carbons (Fsp3) is 0.556. The molecular weight excluding hydrogens is 320 g/mol. The van der Waals surface area contributed by atoms with Crippen LogP contribution in [0.2, 0.25) is 0 Å². The second-order valence-corrected chi connectivity index (χ2v) is 6.96. The van der Waals surface area contributed by atoms with Gasteiger partial charge in [-0.15, -0.1) is 0 Å². The predicted molar refractivity (Wildman–Crippen MR) is 90.3 cm³/mol. The third-order valence-electron chi connectivity index (χ3n) is 5.26. The third-order valence-corrected chi connectivity index (χ3v) is 5.26. The molecule has 0 aromatic carbocycles. The highest BCUT2D eigenvalue weighted by Crippen LogP contribution is 2.21. The summed E-state index contributed by atoms with van der Waals surface area (Å²) in [6.07, 6.45) is 7.46. The molecule has 1 aliphatic carbocycles. The van der Waals surface area contributed by atoms with Gasteiger partial charge in [-0.2, -0.15) is 5.10 Å². The molecule has 0 N–H and O–H groups in total. The molecule has 0 saturated carbocycles. The maximum Gasteiger partial charge on any atom is 0.292 e. The Morgan fingerprint density at radius 3 is 2.80 bits per heavy atom. The van der Waals surface area contributed by atoms with Crippen molar-refractivity contribution < 1.29 is 9.32 Å². The van der Waals surface area contributed by atoms with Gasteiger partial charge in [-0.05, 0) is 50.0 Å². The van der Waals surface area contributed by atoms with Crippen molar-refractivity contribution in [3.05, 3.63) is 45.7 Å². The molecular formula is C18H22N4O3. The quantitative estimate of drug-likeness (QED) is 0.847. The Kier molecular flexibility index (Phi) is 4.38. The van der Waals surface area contributed by atoms with Crippen LogP contribution < -0.4 is 5.56 Å². The van der Waals surface area contributed by atoms with Crippen LogP contribution in [0.5, 0.6) is 0 Å². The van der Waals surface area contributed by atoms with Gasteiger partial charge in [-0.25, -0.2) is 4.68 Å². The lowest BCUT2D eigenvalue weighted by molar-refractivity contribution is 0.0639. The SMILES string of the molecule is O=C(c1ccno1)N1CCC(Cn2nc3c(cc2=O)CCCC3)CC1. The molecule has 1 fully saturated rings. The van der Waals surface area contributed by atoms with Crippen molar-refractivity contribution in [1.29, 1.82) is 0 Å². The Morgan fingerprint density at radius 1 is 1.24 bits per heavy atom. The molecule has 0 bridgehead atoms. The average Bonchev–Trinajstić information content (AvgIpc) is 3.17. The first-order chi connectivity index (χ1) is 12.2. The van der Waals surface area contributed by atoms with Crippen molar-refractivity contribution in [3.8, 4) is 0 Å². The number of likely N-dealkylation sites (tertiary alicyclic amines) is 1. The Hall–Kier alpha value is -2.44. The first kappa shape index (κ1) is 16.1. The molecule has 7 nitrogen and oxygen atoms in total. The van der Waals surface area contributed by atoms with Crippen LogP contribution in [0, 0.1) is 5.92 Å². The van der Waals surface area contributed by atoms with Crippen LogP contribution in [0.1, 0.15) is 47.5 Å². The summed E-state index contributed by atoms with van der Waals surface area (Å²) in [5.41, 5.74) is 2.21. The summed E-state index contributed by atoms with van der Waals surface area (Å²) in [5.74, 6) is 0.539. The number of amides is 1. The van der Waals surface area contributed by atoms with Gasteiger partial charge in [-0.3, -0.25) is 9.59 Å². The van der Waals surface area contributed by atoms with E-state index in [1.54, 1.807) is 21.7 Å². The molecule has 2 aliphatic rings. The number of aromatic nitrogens is 3. The van der Waals surface area contributed by atoms with E-state index in [4.69, 9.17) is 4.52 Å². The molecule has 3 heterocycles. The summed E-state index contributed by atoms with van der Waals surface area (Å²) in [5, 5.41) is 8.19. The second kappa shape index (κ2) is 6.82. The van der Waals surface area contributed by atoms with E-state index in [0.29, 0.717) is 25.6 Å². The Bertz CT molecular complexity index is 804. The molecule has 132 valence electrons. The van der Waals surface area contributed by atoms with Crippen molar-refractivity contribution in [2.45, 2.75) is 45.1 Å². The summed E-state index contributed by atoms with van der Waals surface area (Å²) in [7, 11) is 0. The van der Waals surface area contributed by atoms with Crippen LogP contribution in [0.25, 0.3) is 0 Å². The molecule has 4 rings (SSSR count). The zero-order chi connectivity index (χ0) is 17.2. The van der Waals surface area contributed by atoms with Crippen LogP contribution in [0.15, 0.2) is 27.6 Å². The van der Waals surface area contributed by atoms with E-state index in [0.717, 1.165) is 49.8 Å². The largest absolute Gasteiger partial charge is 0.351 e. The molecule has 0 spiro atoms. The number of rotatable bonds is 3. The lowest BCUT2D eigenvalue weighted by atomic mass is 9.95. The van der Waals surface area contributed by atoms with Gasteiger partial charge in [-0.1, -0.05) is 5.16 Å². The second-order valence-electron chi connectivity index (χ2n) is 6.96. The minimum atomic E-state index is -0.111. The fourth-order valence-electron chi connectivity index (χ4n) is 3.78. The van der Waals surface area contributed by atoms with E-state index in [9.17, 15) is 9.59 Å². The maximum absolute atomic E-state index is 12.3. The van der Waals surface area contributed by atoms with Crippen LogP contribution in [-0.4, -0.2) is 38.8 Å². The van der Waals surface area contributed by atoms with Gasteiger partial charge >= 0.3 is 0 Å². The Morgan fingerprint density at radius 2 is 2.04 bits per heavy atom. The molecule has 2 aromatic heterocycles. The number of carbonyl (C=O) groups excluding carboxylic acids is 1. The van der Waals surface area contributed by atoms with Crippen LogP contribution in [0.3, 0.4) is 0 Å². The topological polar surface area (TPSA) is 81.2 Å². The minimum Gasteiger partial charge on any atom is -0.351 e. The highest BCUT2D eigenvalue weighted by Gasteiger charge is 2.26. The number of hydrogen-bond donors (Lipinski definition) is 0. The van der Waals surface area contributed by atoms with Crippen molar-refractivity contribution in [3.63, 3.8) is 0 Å². The number of aryl methyl sites for hydroxylation is 2. The van der Waals surface area contributed by atoms with E-state index >= 15 is 0 Å². The number of piperidine rings is 1. The highest BCUT2D eigenvalue weighted by molar-refractivity contribution is 5.91. The van der Waals surface area contributed by atoms with Gasteiger partial charge in [0.25, 0.3) is 11.5 Å². The molecule has 2 aromatic rings. The standard InChI is InChI=1S/C18H22N4O3/c23-17-11-14-3-1-2-4-15(14)20-22(17)12-13-6-9-21(10-7-13)18(24)16-5-8-19-25-16/h5,8,11,13H,1-4,6-7,9-10,12H2. The van der Waals surface area contributed by atoms with E-state index < -0.39 is 0 Å². The molecule has 7 heteroatoms. The molecule has 1 aliphatic heterocycles. The zero-order valence-corrected chi connectivity index (χ0v) is 14.2. The fourth-order valence-corrected chi connectivity index (χ4v) is 3.78. The van der Waals surface area contributed by atoms with Crippen molar-refractivity contribution in [1.82, 2.24) is 19.8 Å². The number of hydrogen-bond acceptors (Lipinski definition) is 5. The van der Waals surface area contributed by atoms with Crippen molar-refractivity contribution in [2.75, 3.05) is 13.1 Å². The number of carbonyl (C=O) groups is 1. The Labute approximate surface area is 145 Å². The molecule has 25 heavy (non-hydrogen) atoms. The lowest BCUT2D eigenvalue weighted by Gasteiger charge is -2.31.